The Bertz CT molecular complexity index is 239. The van der Waals surface area contributed by atoms with Crippen molar-refractivity contribution in [1.29, 1.82) is 0 Å². The lowest BCUT2D eigenvalue weighted by atomic mass is 10.1. The van der Waals surface area contributed by atoms with Crippen molar-refractivity contribution in [3.63, 3.8) is 0 Å². The maximum Gasteiger partial charge on any atom is 0.174 e. The lowest BCUT2D eigenvalue weighted by molar-refractivity contribution is 0.171. The zero-order valence-electron chi connectivity index (χ0n) is 13.3. The van der Waals surface area contributed by atoms with Crippen molar-refractivity contribution in [3.05, 3.63) is 0 Å². The minimum absolute atomic E-state index is 0.610. The van der Waals surface area contributed by atoms with Crippen LogP contribution in [0.15, 0.2) is 0 Å². The van der Waals surface area contributed by atoms with Crippen molar-refractivity contribution in [2.75, 3.05) is 0 Å². The summed E-state index contributed by atoms with van der Waals surface area (Å²) in [5.74, 6) is 0. The van der Waals surface area contributed by atoms with E-state index < -0.39 is 15.4 Å². The van der Waals surface area contributed by atoms with Gasteiger partial charge in [0.15, 0.2) is 7.83 Å². The lowest BCUT2D eigenvalue weighted by Gasteiger charge is -2.45. The van der Waals surface area contributed by atoms with Crippen molar-refractivity contribution >= 4 is 15.4 Å². The lowest BCUT2D eigenvalue weighted by Crippen LogP contribution is -2.61. The molecule has 0 aromatic rings. The van der Waals surface area contributed by atoms with Crippen LogP contribution in [-0.4, -0.2) is 21.5 Å². The van der Waals surface area contributed by atoms with Gasteiger partial charge in [-0.2, -0.15) is 0 Å². The van der Waals surface area contributed by atoms with Crippen LogP contribution in [0.3, 0.4) is 0 Å². The third-order valence-corrected chi connectivity index (χ3v) is 21.7. The average Bonchev–Trinajstić information content (AvgIpc) is 2.28. The summed E-state index contributed by atoms with van der Waals surface area (Å²) in [5.41, 5.74) is 0. The van der Waals surface area contributed by atoms with Gasteiger partial charge in [0.1, 0.15) is 0 Å². The fraction of sp³-hybridized carbons (Fsp3) is 1.00. The van der Waals surface area contributed by atoms with Gasteiger partial charge in [-0.3, -0.25) is 0 Å². The fourth-order valence-electron chi connectivity index (χ4n) is 2.81. The van der Waals surface area contributed by atoms with Crippen molar-refractivity contribution in [3.8, 4) is 0 Å². The summed E-state index contributed by atoms with van der Waals surface area (Å²) >= 11 is 0. The second kappa shape index (κ2) is 7.25. The van der Waals surface area contributed by atoms with Crippen molar-refractivity contribution in [2.45, 2.75) is 96.6 Å². The van der Waals surface area contributed by atoms with Crippen LogP contribution in [0.1, 0.15) is 58.3 Å². The summed E-state index contributed by atoms with van der Waals surface area (Å²) in [4.78, 5) is 0. The highest BCUT2D eigenvalue weighted by Gasteiger charge is 2.47. The van der Waals surface area contributed by atoms with Crippen LogP contribution >= 0.6 is 0 Å². The Kier molecular flexibility index (Phi) is 6.62. The number of hydrogen-bond donors (Lipinski definition) is 0. The first-order chi connectivity index (χ1) is 8.39. The maximum atomic E-state index is 6.52. The van der Waals surface area contributed by atoms with E-state index in [0.717, 1.165) is 0 Å². The van der Waals surface area contributed by atoms with E-state index in [1.54, 1.807) is 0 Å². The molecule has 0 N–H and O–H groups in total. The Morgan fingerprint density at radius 2 is 1.56 bits per heavy atom. The summed E-state index contributed by atoms with van der Waals surface area (Å²) in [6, 6.07) is 1.51. The molecule has 0 aromatic carbocycles. The minimum atomic E-state index is -1.32. The molecule has 3 heteroatoms. The highest BCUT2D eigenvalue weighted by molar-refractivity contribution is 7.38. The first-order valence-corrected chi connectivity index (χ1v) is 15.2. The van der Waals surface area contributed by atoms with E-state index in [1.165, 1.54) is 57.4 Å². The van der Waals surface area contributed by atoms with Crippen LogP contribution in [0.25, 0.3) is 0 Å². The minimum Gasteiger partial charge on any atom is -0.417 e. The smallest absolute Gasteiger partial charge is 0.174 e. The van der Waals surface area contributed by atoms with Gasteiger partial charge < -0.3 is 4.43 Å². The van der Waals surface area contributed by atoms with Crippen LogP contribution in [-0.2, 0) is 4.43 Å². The van der Waals surface area contributed by atoms with Gasteiger partial charge >= 0.3 is 0 Å². The molecule has 1 fully saturated rings. The average molecular weight is 287 g/mol. The van der Waals surface area contributed by atoms with Gasteiger partial charge in [-0.25, -0.2) is 0 Å². The Balaban J connectivity index is 2.17. The van der Waals surface area contributed by atoms with E-state index in [1.807, 2.05) is 0 Å². The van der Waals surface area contributed by atoms with Crippen LogP contribution in [0.2, 0.25) is 32.2 Å². The summed E-state index contributed by atoms with van der Waals surface area (Å²) < 4.78 is 6.52. The van der Waals surface area contributed by atoms with Gasteiger partial charge in [0.2, 0.25) is 0 Å². The van der Waals surface area contributed by atoms with Gasteiger partial charge in [0, 0.05) is 6.10 Å². The molecule has 0 aromatic heterocycles. The molecule has 1 rings (SSSR count). The molecular formula is C15H34OSi2. The van der Waals surface area contributed by atoms with Crippen molar-refractivity contribution in [1.82, 2.24) is 0 Å². The van der Waals surface area contributed by atoms with E-state index in [2.05, 4.69) is 33.1 Å². The van der Waals surface area contributed by atoms with E-state index in [0.29, 0.717) is 6.10 Å². The molecule has 0 spiro atoms. The van der Waals surface area contributed by atoms with E-state index in [4.69, 9.17) is 4.43 Å². The number of unbranched alkanes of at least 4 members (excludes halogenated alkanes) is 5. The molecule has 0 saturated carbocycles. The number of rotatable bonds is 7. The predicted octanol–water partition coefficient (Wildman–Crippen LogP) is 5.52. The Morgan fingerprint density at radius 3 is 2.17 bits per heavy atom. The zero-order chi connectivity index (χ0) is 13.6. The van der Waals surface area contributed by atoms with Crippen LogP contribution < -0.4 is 0 Å². The molecule has 18 heavy (non-hydrogen) atoms. The van der Waals surface area contributed by atoms with Crippen molar-refractivity contribution < 1.29 is 4.43 Å². The third-order valence-electron chi connectivity index (χ3n) is 5.06. The van der Waals surface area contributed by atoms with E-state index >= 15 is 0 Å². The van der Waals surface area contributed by atoms with Crippen LogP contribution in [0.5, 0.6) is 0 Å². The van der Waals surface area contributed by atoms with Gasteiger partial charge in [0.25, 0.3) is 0 Å². The molecule has 1 atom stereocenters. The van der Waals surface area contributed by atoms with Gasteiger partial charge in [0.05, 0.1) is 7.59 Å². The third kappa shape index (κ3) is 4.82. The number of hydrogen-bond acceptors (Lipinski definition) is 1. The first kappa shape index (κ1) is 16.4. The normalized spacial score (nSPS) is 26.2. The highest BCUT2D eigenvalue weighted by Crippen LogP contribution is 2.35. The fourth-order valence-corrected chi connectivity index (χ4v) is 9.54. The zero-order valence-corrected chi connectivity index (χ0v) is 15.3. The molecule has 0 radical (unpaired) electrons. The highest BCUT2D eigenvalue weighted by atomic mass is 29.3. The maximum absolute atomic E-state index is 6.52. The van der Waals surface area contributed by atoms with Gasteiger partial charge in [-0.1, -0.05) is 64.6 Å². The second-order valence-corrected chi connectivity index (χ2v) is 22.4. The molecule has 0 amide bonds. The molecule has 1 aliphatic rings. The molecule has 0 aliphatic carbocycles. The Labute approximate surface area is 117 Å². The molecule has 0 bridgehead atoms. The second-order valence-electron chi connectivity index (χ2n) is 7.23. The van der Waals surface area contributed by atoms with E-state index in [9.17, 15) is 0 Å². The summed E-state index contributed by atoms with van der Waals surface area (Å²) in [5, 5.41) is 0. The van der Waals surface area contributed by atoms with Gasteiger partial charge in [-0.15, -0.1) is 0 Å². The molecule has 1 nitrogen and oxygen atoms in total. The summed E-state index contributed by atoms with van der Waals surface area (Å²) in [7, 11) is -2.33. The van der Waals surface area contributed by atoms with E-state index in [-0.39, 0.29) is 0 Å². The first-order valence-electron chi connectivity index (χ1n) is 8.07. The Morgan fingerprint density at radius 1 is 0.944 bits per heavy atom. The predicted molar refractivity (Wildman–Crippen MR) is 87.3 cm³/mol. The molecule has 1 saturated heterocycles. The van der Waals surface area contributed by atoms with Crippen LogP contribution in [0.4, 0.5) is 0 Å². The largest absolute Gasteiger partial charge is 0.417 e. The van der Waals surface area contributed by atoms with Crippen molar-refractivity contribution in [2.24, 2.45) is 0 Å². The SMILES string of the molecule is CCCCCCCCC1CC[Si](C)(C)[Si](C)(C)O1. The molecular weight excluding hydrogens is 252 g/mol. The van der Waals surface area contributed by atoms with Gasteiger partial charge in [-0.05, 0) is 25.9 Å². The Hall–Kier alpha value is 0.394. The summed E-state index contributed by atoms with van der Waals surface area (Å²) in [6.45, 7) is 12.3. The summed E-state index contributed by atoms with van der Waals surface area (Å²) in [6.07, 6.45) is 11.7. The topological polar surface area (TPSA) is 9.23 Å². The molecule has 1 aliphatic heterocycles. The monoisotopic (exact) mass is 286 g/mol. The standard InChI is InChI=1S/C15H34OSi2/c1-6-7-8-9-10-11-12-15-13-14-17(2,3)18(4,5)16-15/h15H,6-14H2,1-5H3. The quantitative estimate of drug-likeness (QED) is 0.442. The molecule has 1 unspecified atom stereocenters. The molecule has 1 heterocycles. The van der Waals surface area contributed by atoms with Crippen LogP contribution in [0, 0.1) is 0 Å². The molecule has 108 valence electrons.